The van der Waals surface area contributed by atoms with E-state index in [2.05, 4.69) is 9.97 Å². The third-order valence-corrected chi connectivity index (χ3v) is 7.20. The average molecular weight is 425 g/mol. The Hall–Kier alpha value is -1.52. The first-order chi connectivity index (χ1) is 12.9. The molecule has 1 aliphatic rings. The average Bonchev–Trinajstić information content (AvgIpc) is 2.66. The molecule has 3 heterocycles. The van der Waals surface area contributed by atoms with Gasteiger partial charge in [-0.1, -0.05) is 29.3 Å². The number of hydrogen-bond acceptors (Lipinski definition) is 4. The van der Waals surface area contributed by atoms with Crippen LogP contribution in [0.1, 0.15) is 17.5 Å². The normalized spacial score (nSPS) is 20.1. The lowest BCUT2D eigenvalue weighted by molar-refractivity contribution is 0.0692. The molecule has 0 bridgehead atoms. The van der Waals surface area contributed by atoms with E-state index in [0.29, 0.717) is 62.4 Å². The molecule has 0 saturated carbocycles. The van der Waals surface area contributed by atoms with Gasteiger partial charge in [0.1, 0.15) is 11.9 Å². The van der Waals surface area contributed by atoms with Crippen molar-refractivity contribution in [3.8, 4) is 11.1 Å². The molecule has 2 atom stereocenters. The number of aromatic nitrogens is 2. The van der Waals surface area contributed by atoms with Crippen LogP contribution in [0.15, 0.2) is 30.5 Å². The summed E-state index contributed by atoms with van der Waals surface area (Å²) < 4.78 is 32.1. The second-order valence-corrected chi connectivity index (χ2v) is 9.24. The van der Waals surface area contributed by atoms with Crippen molar-refractivity contribution in [2.75, 3.05) is 18.9 Å². The molecule has 0 radical (unpaired) electrons. The minimum Gasteiger partial charge on any atom is -0.371 e. The molecular formula is C19H16Cl2FN2O2P. The highest BCUT2D eigenvalue weighted by molar-refractivity contribution is 7.44. The van der Waals surface area contributed by atoms with Crippen molar-refractivity contribution >= 4 is 41.9 Å². The van der Waals surface area contributed by atoms with Gasteiger partial charge in [0.15, 0.2) is 0 Å². The fourth-order valence-corrected chi connectivity index (χ4v) is 4.91. The van der Waals surface area contributed by atoms with Crippen LogP contribution < -0.4 is 0 Å². The Morgan fingerprint density at radius 3 is 2.78 bits per heavy atom. The van der Waals surface area contributed by atoms with Crippen LogP contribution in [0.3, 0.4) is 0 Å². The Labute approximate surface area is 166 Å². The standard InChI is InChI=1S/C19H16Cl2FN2O2P/c1-10-18(20)19(21)13-6-12(14(22)7-16(13)24-10)11-2-3-15(23-8-11)17-9-27(25)5-4-26-17/h2-3,6-8,17,27H,4-5,9H2,1H3. The number of pyridine rings is 2. The third kappa shape index (κ3) is 3.62. The molecular weight excluding hydrogens is 409 g/mol. The zero-order valence-corrected chi connectivity index (χ0v) is 16.9. The van der Waals surface area contributed by atoms with E-state index >= 15 is 0 Å². The van der Waals surface area contributed by atoms with Crippen molar-refractivity contribution < 1.29 is 13.7 Å². The van der Waals surface area contributed by atoms with Crippen molar-refractivity contribution in [3.05, 3.63) is 57.7 Å². The molecule has 140 valence electrons. The van der Waals surface area contributed by atoms with E-state index in [1.807, 2.05) is 0 Å². The monoisotopic (exact) mass is 424 g/mol. The fraction of sp³-hybridized carbons (Fsp3) is 0.263. The van der Waals surface area contributed by atoms with E-state index in [1.165, 1.54) is 6.07 Å². The molecule has 1 aromatic carbocycles. The maximum absolute atomic E-state index is 14.7. The number of aryl methyl sites for hydroxylation is 1. The first kappa shape index (κ1) is 18.8. The molecule has 0 aliphatic carbocycles. The summed E-state index contributed by atoms with van der Waals surface area (Å²) in [5.74, 6) is -0.415. The summed E-state index contributed by atoms with van der Waals surface area (Å²) in [6, 6.07) is 6.55. The molecule has 1 fully saturated rings. The van der Waals surface area contributed by atoms with Gasteiger partial charge in [-0.25, -0.2) is 4.39 Å². The zero-order chi connectivity index (χ0) is 19.1. The summed E-state index contributed by atoms with van der Waals surface area (Å²) in [5.41, 5.74) is 2.68. The molecule has 2 unspecified atom stereocenters. The van der Waals surface area contributed by atoms with Gasteiger partial charge in [0, 0.05) is 41.1 Å². The maximum atomic E-state index is 14.7. The van der Waals surface area contributed by atoms with Gasteiger partial charge in [0.25, 0.3) is 0 Å². The summed E-state index contributed by atoms with van der Waals surface area (Å²) in [6.45, 7) is 2.21. The van der Waals surface area contributed by atoms with Gasteiger partial charge in [-0.15, -0.1) is 0 Å². The van der Waals surface area contributed by atoms with Crippen LogP contribution in [-0.2, 0) is 9.30 Å². The van der Waals surface area contributed by atoms with E-state index in [0.717, 1.165) is 0 Å². The highest BCUT2D eigenvalue weighted by atomic mass is 35.5. The largest absolute Gasteiger partial charge is 0.371 e. The van der Waals surface area contributed by atoms with Crippen LogP contribution in [0.2, 0.25) is 10.0 Å². The quantitative estimate of drug-likeness (QED) is 0.496. The molecule has 4 nitrogen and oxygen atoms in total. The maximum Gasteiger partial charge on any atom is 0.133 e. The first-order valence-corrected chi connectivity index (χ1v) is 11.1. The van der Waals surface area contributed by atoms with Gasteiger partial charge in [-0.2, -0.15) is 0 Å². The molecule has 0 spiro atoms. The summed E-state index contributed by atoms with van der Waals surface area (Å²) in [6.07, 6.45) is 2.45. The van der Waals surface area contributed by atoms with E-state index in [1.54, 1.807) is 31.3 Å². The van der Waals surface area contributed by atoms with Gasteiger partial charge < -0.3 is 9.30 Å². The molecule has 8 heteroatoms. The molecule has 4 rings (SSSR count). The lowest BCUT2D eigenvalue weighted by Gasteiger charge is -2.22. The predicted molar refractivity (Wildman–Crippen MR) is 107 cm³/mol. The second kappa shape index (κ2) is 7.48. The SMILES string of the molecule is Cc1nc2cc(F)c(-c3ccc(C4C[PH](=O)CCO4)nc3)cc2c(Cl)c1Cl. The number of benzene rings is 1. The van der Waals surface area contributed by atoms with Crippen molar-refractivity contribution in [2.45, 2.75) is 13.0 Å². The molecule has 1 aliphatic heterocycles. The van der Waals surface area contributed by atoms with E-state index in [-0.39, 0.29) is 6.10 Å². The van der Waals surface area contributed by atoms with Gasteiger partial charge in [0.05, 0.1) is 41.4 Å². The summed E-state index contributed by atoms with van der Waals surface area (Å²) >= 11 is 12.5. The highest BCUT2D eigenvalue weighted by Gasteiger charge is 2.22. The molecule has 2 aromatic heterocycles. The summed E-state index contributed by atoms with van der Waals surface area (Å²) in [4.78, 5) is 8.70. The van der Waals surface area contributed by atoms with Crippen molar-refractivity contribution in [1.29, 1.82) is 0 Å². The first-order valence-electron chi connectivity index (χ1n) is 8.48. The zero-order valence-electron chi connectivity index (χ0n) is 14.4. The second-order valence-electron chi connectivity index (χ2n) is 6.50. The number of hydrogen-bond donors (Lipinski definition) is 0. The van der Waals surface area contributed by atoms with Gasteiger partial charge in [0.2, 0.25) is 0 Å². The van der Waals surface area contributed by atoms with Crippen LogP contribution >= 0.6 is 31.0 Å². The number of nitrogens with zero attached hydrogens (tertiary/aromatic N) is 2. The van der Waals surface area contributed by atoms with Crippen LogP contribution in [0, 0.1) is 12.7 Å². The summed E-state index contributed by atoms with van der Waals surface area (Å²) in [7, 11) is -1.60. The fourth-order valence-electron chi connectivity index (χ4n) is 3.19. The van der Waals surface area contributed by atoms with Crippen LogP contribution in [0.4, 0.5) is 4.39 Å². The Bertz CT molecular complexity index is 1060. The van der Waals surface area contributed by atoms with E-state index in [9.17, 15) is 8.96 Å². The van der Waals surface area contributed by atoms with Crippen LogP contribution in [-0.4, -0.2) is 28.9 Å². The lowest BCUT2D eigenvalue weighted by atomic mass is 10.0. The number of fused-ring (bicyclic) bond motifs is 1. The van der Waals surface area contributed by atoms with Gasteiger partial charge >= 0.3 is 0 Å². The summed E-state index contributed by atoms with van der Waals surface area (Å²) in [5, 5.41) is 1.30. The Morgan fingerprint density at radius 2 is 2.07 bits per heavy atom. The highest BCUT2D eigenvalue weighted by Crippen LogP contribution is 2.37. The van der Waals surface area contributed by atoms with Crippen molar-refractivity contribution in [2.24, 2.45) is 0 Å². The van der Waals surface area contributed by atoms with E-state index < -0.39 is 13.6 Å². The number of rotatable bonds is 2. The van der Waals surface area contributed by atoms with Gasteiger partial charge in [-0.3, -0.25) is 9.97 Å². The molecule has 0 amide bonds. The third-order valence-electron chi connectivity index (χ3n) is 4.66. The Morgan fingerprint density at radius 1 is 1.26 bits per heavy atom. The minimum absolute atomic E-state index is 0.263. The topological polar surface area (TPSA) is 52.1 Å². The molecule has 3 aromatic rings. The Kier molecular flexibility index (Phi) is 5.21. The van der Waals surface area contributed by atoms with Crippen molar-refractivity contribution in [1.82, 2.24) is 9.97 Å². The lowest BCUT2D eigenvalue weighted by Crippen LogP contribution is -2.16. The number of ether oxygens (including phenoxy) is 1. The van der Waals surface area contributed by atoms with E-state index in [4.69, 9.17) is 27.9 Å². The predicted octanol–water partition coefficient (Wildman–Crippen LogP) is 5.68. The molecule has 0 N–H and O–H groups in total. The van der Waals surface area contributed by atoms with Gasteiger partial charge in [-0.05, 0) is 19.1 Å². The van der Waals surface area contributed by atoms with Crippen molar-refractivity contribution in [3.63, 3.8) is 0 Å². The minimum atomic E-state index is -1.60. The van der Waals surface area contributed by atoms with Crippen LogP contribution in [0.25, 0.3) is 22.0 Å². The molecule has 27 heavy (non-hydrogen) atoms. The smallest absolute Gasteiger partial charge is 0.133 e. The molecule has 1 saturated heterocycles. The number of halogens is 3. The van der Waals surface area contributed by atoms with Crippen LogP contribution in [0.5, 0.6) is 0 Å². The Balaban J connectivity index is 1.73.